The molecule has 0 unspecified atom stereocenters. The van der Waals surface area contributed by atoms with E-state index in [1.54, 1.807) is 0 Å². The van der Waals surface area contributed by atoms with Crippen molar-refractivity contribution in [2.45, 2.75) is 23.7 Å². The molecule has 4 heteroatoms. The number of furan rings is 1. The number of fused-ring (bicyclic) bond motifs is 9. The highest BCUT2D eigenvalue weighted by atomic mass is 16.3. The Labute approximate surface area is 366 Å². The molecule has 4 bridgehead atoms. The number of Topliss-reactive ketones (excluding diaryl/α,β-unsaturated/α-hetero) is 2. The van der Waals surface area contributed by atoms with Crippen molar-refractivity contribution in [1.29, 1.82) is 0 Å². The molecule has 0 saturated carbocycles. The average Bonchev–Trinajstić information content (AvgIpc) is 3.89. The molecule has 0 atom stereocenters. The van der Waals surface area contributed by atoms with Gasteiger partial charge < -0.3 is 8.82 Å². The number of hydrogen-bond donors (Lipinski definition) is 0. The molecule has 0 spiro atoms. The van der Waals surface area contributed by atoms with Crippen LogP contribution in [0.1, 0.15) is 100 Å². The Balaban J connectivity index is 1.03. The summed E-state index contributed by atoms with van der Waals surface area (Å²) in [6, 6.07) is 62.7. The third-order valence-corrected chi connectivity index (χ3v) is 15.6. The number of benzene rings is 9. The maximum Gasteiger partial charge on any atom is 0.175 e. The second-order valence-corrected chi connectivity index (χ2v) is 18.5. The molecule has 4 nitrogen and oxygen atoms in total. The standard InChI is InChI=1S/C60H33NO3/c62-59-48-28-50-42(26-44(48)54-34-12-1-5-16-38(34)56(59)39-17-6-2-13-35(39)54)46-23-31(30-21-22-33-32-11-9-10-20-52(32)64-53(33)25-30)24-47-43-27-45-49(29-51(43)61(50)58(46)47)60(63)57-40-18-7-3-14-36(40)55(45)37-15-4-8-19-41(37)57/h1-29,54-57H. The summed E-state index contributed by atoms with van der Waals surface area (Å²) < 4.78 is 8.82. The fourth-order valence-corrected chi connectivity index (χ4v) is 13.0. The molecule has 9 aromatic carbocycles. The van der Waals surface area contributed by atoms with Crippen LogP contribution < -0.4 is 0 Å². The van der Waals surface area contributed by atoms with Crippen LogP contribution in [0.5, 0.6) is 0 Å². The monoisotopic (exact) mass is 815 g/mol. The zero-order valence-corrected chi connectivity index (χ0v) is 34.2. The number of nitrogens with zero attached hydrogens (tertiary/aromatic N) is 1. The zero-order valence-electron chi connectivity index (χ0n) is 34.2. The summed E-state index contributed by atoms with van der Waals surface area (Å²) in [5.74, 6) is -0.628. The van der Waals surface area contributed by atoms with E-state index in [1.807, 2.05) is 12.1 Å². The molecule has 3 heterocycles. The SMILES string of the molecule is O=C1c2cc3c(cc2C2c4ccccc4C1c1ccccc12)c1cc(-c2ccc4c(c2)oc2ccccc24)cc2c4cc5c(cc4n3c12)C(=O)C1c2ccccc2C5c2ccccc21. The van der Waals surface area contributed by atoms with Crippen LogP contribution in [-0.2, 0) is 0 Å². The van der Waals surface area contributed by atoms with Gasteiger partial charge in [-0.25, -0.2) is 0 Å². The van der Waals surface area contributed by atoms with Gasteiger partial charge in [0.1, 0.15) is 11.2 Å². The quantitative estimate of drug-likeness (QED) is 0.166. The van der Waals surface area contributed by atoms with Crippen LogP contribution in [-0.4, -0.2) is 16.0 Å². The fourth-order valence-electron chi connectivity index (χ4n) is 13.0. The van der Waals surface area contributed by atoms with E-state index in [1.165, 1.54) is 22.3 Å². The van der Waals surface area contributed by atoms with Crippen LogP contribution in [0.15, 0.2) is 180 Å². The molecular weight excluding hydrogens is 783 g/mol. The summed E-state index contributed by atoms with van der Waals surface area (Å²) in [5, 5.41) is 6.64. The Bertz CT molecular complexity index is 3860. The fraction of sp³-hybridized carbons (Fsp3) is 0.0667. The Morgan fingerprint density at radius 2 is 0.750 bits per heavy atom. The normalized spacial score (nSPS) is 19.0. The topological polar surface area (TPSA) is 51.7 Å². The minimum atomic E-state index is -0.375. The summed E-state index contributed by atoms with van der Waals surface area (Å²) >= 11 is 0. The molecule has 12 aromatic rings. The van der Waals surface area contributed by atoms with E-state index in [0.29, 0.717) is 0 Å². The molecule has 6 aliphatic rings. The summed E-state index contributed by atoms with van der Waals surface area (Å²) in [4.78, 5) is 30.5. The molecule has 0 amide bonds. The summed E-state index contributed by atoms with van der Waals surface area (Å²) in [7, 11) is 0. The number of carbonyl (C=O) groups is 2. The number of rotatable bonds is 1. The third kappa shape index (κ3) is 3.93. The molecule has 0 radical (unpaired) electrons. The van der Waals surface area contributed by atoms with Crippen molar-refractivity contribution in [2.24, 2.45) is 0 Å². The van der Waals surface area contributed by atoms with Gasteiger partial charge in [0.2, 0.25) is 0 Å². The highest BCUT2D eigenvalue weighted by Crippen LogP contribution is 2.56. The maximum atomic E-state index is 15.3. The lowest BCUT2D eigenvalue weighted by molar-refractivity contribution is 0.0966. The largest absolute Gasteiger partial charge is 0.456 e. The van der Waals surface area contributed by atoms with Gasteiger partial charge in [-0.1, -0.05) is 121 Å². The van der Waals surface area contributed by atoms with Gasteiger partial charge in [0.25, 0.3) is 0 Å². The van der Waals surface area contributed by atoms with Crippen molar-refractivity contribution in [1.82, 2.24) is 4.40 Å². The number of para-hydroxylation sites is 1. The van der Waals surface area contributed by atoms with E-state index >= 15 is 9.59 Å². The second-order valence-electron chi connectivity index (χ2n) is 18.5. The molecular formula is C60H33NO3. The molecule has 296 valence electrons. The van der Waals surface area contributed by atoms with E-state index in [2.05, 4.69) is 168 Å². The van der Waals surface area contributed by atoms with Crippen LogP contribution in [0.3, 0.4) is 0 Å². The lowest BCUT2D eigenvalue weighted by atomic mass is 9.72. The molecule has 64 heavy (non-hydrogen) atoms. The van der Waals surface area contributed by atoms with Gasteiger partial charge in [0.15, 0.2) is 11.6 Å². The minimum Gasteiger partial charge on any atom is -0.456 e. The number of aromatic nitrogens is 1. The van der Waals surface area contributed by atoms with Crippen molar-refractivity contribution in [3.8, 4) is 11.1 Å². The number of carbonyl (C=O) groups excluding carboxylic acids is 2. The Morgan fingerprint density at radius 1 is 0.328 bits per heavy atom. The van der Waals surface area contributed by atoms with Crippen molar-refractivity contribution in [2.75, 3.05) is 0 Å². The zero-order chi connectivity index (χ0) is 41.7. The molecule has 0 fully saturated rings. The average molecular weight is 816 g/mol. The summed E-state index contributed by atoms with van der Waals surface area (Å²) in [5.41, 5.74) is 19.8. The van der Waals surface area contributed by atoms with Crippen LogP contribution in [0.4, 0.5) is 0 Å². The van der Waals surface area contributed by atoms with Gasteiger partial charge in [-0.05, 0) is 121 Å². The first-order valence-electron chi connectivity index (χ1n) is 22.3. The van der Waals surface area contributed by atoms with E-state index in [4.69, 9.17) is 4.42 Å². The van der Waals surface area contributed by atoms with Gasteiger partial charge >= 0.3 is 0 Å². The molecule has 3 aromatic heterocycles. The van der Waals surface area contributed by atoms with Crippen molar-refractivity contribution >= 4 is 71.6 Å². The predicted octanol–water partition coefficient (Wildman–Crippen LogP) is 14.0. The Kier molecular flexibility index (Phi) is 6.02. The van der Waals surface area contributed by atoms with Crippen molar-refractivity contribution < 1.29 is 14.0 Å². The highest BCUT2D eigenvalue weighted by Gasteiger charge is 2.45. The van der Waals surface area contributed by atoms with Crippen molar-refractivity contribution in [3.63, 3.8) is 0 Å². The minimum absolute atomic E-state index is 0.0756. The van der Waals surface area contributed by atoms with Gasteiger partial charge in [-0.15, -0.1) is 0 Å². The molecule has 0 N–H and O–H groups in total. The van der Waals surface area contributed by atoms with E-state index in [0.717, 1.165) is 116 Å². The van der Waals surface area contributed by atoms with Crippen LogP contribution in [0.2, 0.25) is 0 Å². The van der Waals surface area contributed by atoms with E-state index < -0.39 is 0 Å². The third-order valence-electron chi connectivity index (χ3n) is 15.6. The molecule has 0 saturated heterocycles. The van der Waals surface area contributed by atoms with Gasteiger partial charge in [-0.2, -0.15) is 0 Å². The Hall–Kier alpha value is -8.08. The first kappa shape index (κ1) is 33.5. The van der Waals surface area contributed by atoms with Gasteiger partial charge in [-0.3, -0.25) is 9.59 Å². The van der Waals surface area contributed by atoms with E-state index in [-0.39, 0.29) is 35.2 Å². The van der Waals surface area contributed by atoms with E-state index in [9.17, 15) is 0 Å². The Morgan fingerprint density at radius 3 is 1.23 bits per heavy atom. The molecule has 18 rings (SSSR count). The van der Waals surface area contributed by atoms with Crippen LogP contribution >= 0.6 is 0 Å². The number of hydrogen-bond acceptors (Lipinski definition) is 3. The predicted molar refractivity (Wildman–Crippen MR) is 254 cm³/mol. The van der Waals surface area contributed by atoms with Gasteiger partial charge in [0.05, 0.1) is 28.4 Å². The lowest BCUT2D eigenvalue weighted by Crippen LogP contribution is -2.19. The van der Waals surface area contributed by atoms with Crippen LogP contribution in [0.25, 0.3) is 71.2 Å². The maximum absolute atomic E-state index is 15.3. The lowest BCUT2D eigenvalue weighted by Gasteiger charge is -2.30. The van der Waals surface area contributed by atoms with Crippen molar-refractivity contribution in [3.05, 3.63) is 243 Å². The summed E-state index contributed by atoms with van der Waals surface area (Å²) in [6.45, 7) is 0. The molecule has 0 aliphatic heterocycles. The van der Waals surface area contributed by atoms with Crippen LogP contribution in [0, 0.1) is 0 Å². The van der Waals surface area contributed by atoms with Gasteiger partial charge in [0, 0.05) is 55.3 Å². The first-order chi connectivity index (χ1) is 31.6. The number of ketones is 2. The summed E-state index contributed by atoms with van der Waals surface area (Å²) in [6.07, 6.45) is 0. The second kappa shape index (κ2) is 11.5. The highest BCUT2D eigenvalue weighted by molar-refractivity contribution is 6.26. The smallest absolute Gasteiger partial charge is 0.175 e. The molecule has 6 aliphatic carbocycles. The first-order valence-corrected chi connectivity index (χ1v) is 22.3.